The Hall–Kier alpha value is -1.82. The Morgan fingerprint density at radius 1 is 0.933 bits per heavy atom. The molecule has 1 radical (unpaired) electrons. The lowest BCUT2D eigenvalue weighted by Gasteiger charge is -1.94. The van der Waals surface area contributed by atoms with Gasteiger partial charge in [-0.25, -0.2) is 0 Å². The van der Waals surface area contributed by atoms with Crippen LogP contribution in [0.1, 0.15) is 11.1 Å². The van der Waals surface area contributed by atoms with E-state index in [1.807, 2.05) is 36.4 Å². The minimum atomic E-state index is 0.940. The normalized spacial score (nSPS) is 10.7. The Morgan fingerprint density at radius 3 is 2.47 bits per heavy atom. The van der Waals surface area contributed by atoms with Crippen LogP contribution in [0, 0.1) is 6.07 Å². The molecule has 0 saturated heterocycles. The molecule has 0 saturated carbocycles. The smallest absolute Gasteiger partial charge is 0.00880 e. The zero-order valence-electron chi connectivity index (χ0n) is 8.56. The van der Waals surface area contributed by atoms with Gasteiger partial charge >= 0.3 is 0 Å². The Kier molecular flexibility index (Phi) is 3.34. The van der Waals surface area contributed by atoms with Crippen molar-refractivity contribution < 1.29 is 0 Å². The van der Waals surface area contributed by atoms with Crippen LogP contribution in [0.25, 0.3) is 6.08 Å². The largest absolute Gasteiger partial charge is 0.0795 e. The maximum Gasteiger partial charge on any atom is -0.00880 e. The number of hydrogen-bond donors (Lipinski definition) is 0. The van der Waals surface area contributed by atoms with Gasteiger partial charge in [0.25, 0.3) is 0 Å². The molecule has 2 aromatic rings. The van der Waals surface area contributed by atoms with Crippen molar-refractivity contribution in [2.24, 2.45) is 0 Å². The van der Waals surface area contributed by atoms with Crippen LogP contribution in [0.4, 0.5) is 0 Å². The monoisotopic (exact) mass is 193 g/mol. The highest BCUT2D eigenvalue weighted by atomic mass is 13.9. The quantitative estimate of drug-likeness (QED) is 0.696. The van der Waals surface area contributed by atoms with Crippen LogP contribution in [0.15, 0.2) is 60.7 Å². The second kappa shape index (κ2) is 5.16. The lowest BCUT2D eigenvalue weighted by molar-refractivity contribution is 1.27. The first kappa shape index (κ1) is 9.72. The van der Waals surface area contributed by atoms with E-state index in [9.17, 15) is 0 Å². The molecular formula is C15H13. The van der Waals surface area contributed by atoms with Crippen LogP contribution >= 0.6 is 0 Å². The van der Waals surface area contributed by atoms with Crippen LogP contribution in [-0.2, 0) is 6.42 Å². The van der Waals surface area contributed by atoms with Gasteiger partial charge in [-0.15, -0.1) is 0 Å². The molecule has 0 unspecified atom stereocenters. The molecule has 0 atom stereocenters. The van der Waals surface area contributed by atoms with Crippen LogP contribution in [-0.4, -0.2) is 0 Å². The summed E-state index contributed by atoms with van der Waals surface area (Å²) in [5, 5.41) is 0. The van der Waals surface area contributed by atoms with E-state index in [4.69, 9.17) is 0 Å². The second-order valence-electron chi connectivity index (χ2n) is 3.40. The molecule has 0 aliphatic rings. The molecule has 0 heteroatoms. The van der Waals surface area contributed by atoms with E-state index in [1.165, 1.54) is 11.1 Å². The van der Waals surface area contributed by atoms with E-state index in [1.54, 1.807) is 0 Å². The highest BCUT2D eigenvalue weighted by Gasteiger charge is 1.87. The molecule has 0 heterocycles. The molecular weight excluding hydrogens is 180 g/mol. The number of hydrogen-bond acceptors (Lipinski definition) is 0. The molecule has 0 aliphatic heterocycles. The summed E-state index contributed by atoms with van der Waals surface area (Å²) in [4.78, 5) is 0. The standard InChI is InChI=1S/C15H13/c1-3-8-14(9-4-1)12-7-13-15-10-5-2-6-11-15/h1-10,12H,13H2/b12-7+. The summed E-state index contributed by atoms with van der Waals surface area (Å²) in [6.07, 6.45) is 5.25. The van der Waals surface area contributed by atoms with Crippen molar-refractivity contribution in [1.82, 2.24) is 0 Å². The van der Waals surface area contributed by atoms with Crippen LogP contribution in [0.2, 0.25) is 0 Å². The summed E-state index contributed by atoms with van der Waals surface area (Å²) in [6.45, 7) is 0. The fourth-order valence-corrected chi connectivity index (χ4v) is 1.44. The third-order valence-corrected chi connectivity index (χ3v) is 2.22. The van der Waals surface area contributed by atoms with Crippen molar-refractivity contribution in [2.75, 3.05) is 0 Å². The van der Waals surface area contributed by atoms with Gasteiger partial charge in [-0.05, 0) is 23.6 Å². The molecule has 0 aromatic heterocycles. The fraction of sp³-hybridized carbons (Fsp3) is 0.0667. The first-order valence-electron chi connectivity index (χ1n) is 5.12. The van der Waals surface area contributed by atoms with Crippen molar-refractivity contribution in [1.29, 1.82) is 0 Å². The van der Waals surface area contributed by atoms with Crippen molar-refractivity contribution in [3.63, 3.8) is 0 Å². The molecule has 0 nitrogen and oxygen atoms in total. The second-order valence-corrected chi connectivity index (χ2v) is 3.40. The van der Waals surface area contributed by atoms with Gasteiger partial charge in [0.15, 0.2) is 0 Å². The van der Waals surface area contributed by atoms with Crippen molar-refractivity contribution in [3.8, 4) is 0 Å². The molecule has 0 spiro atoms. The minimum absolute atomic E-state index is 0.940. The predicted octanol–water partition coefficient (Wildman–Crippen LogP) is 3.74. The van der Waals surface area contributed by atoms with Crippen molar-refractivity contribution in [2.45, 2.75) is 6.42 Å². The molecule has 0 aliphatic carbocycles. The van der Waals surface area contributed by atoms with E-state index in [0.717, 1.165) is 6.42 Å². The number of rotatable bonds is 3. The molecule has 0 N–H and O–H groups in total. The third kappa shape index (κ3) is 3.10. The summed E-state index contributed by atoms with van der Waals surface area (Å²) < 4.78 is 0. The average molecular weight is 193 g/mol. The number of allylic oxidation sites excluding steroid dienone is 1. The van der Waals surface area contributed by atoms with Gasteiger partial charge in [-0.1, -0.05) is 66.7 Å². The van der Waals surface area contributed by atoms with Gasteiger partial charge < -0.3 is 0 Å². The van der Waals surface area contributed by atoms with E-state index in [-0.39, 0.29) is 0 Å². The summed E-state index contributed by atoms with van der Waals surface area (Å²) in [7, 11) is 0. The van der Waals surface area contributed by atoms with E-state index >= 15 is 0 Å². The van der Waals surface area contributed by atoms with E-state index < -0.39 is 0 Å². The van der Waals surface area contributed by atoms with Gasteiger partial charge in [0, 0.05) is 0 Å². The molecule has 2 aromatic carbocycles. The van der Waals surface area contributed by atoms with Crippen LogP contribution in [0.5, 0.6) is 0 Å². The van der Waals surface area contributed by atoms with E-state index in [0.29, 0.717) is 0 Å². The SMILES string of the molecule is [c]1ccccc1C/C=C/c1ccccc1. The summed E-state index contributed by atoms with van der Waals surface area (Å²) >= 11 is 0. The zero-order valence-corrected chi connectivity index (χ0v) is 8.56. The average Bonchev–Trinajstić information content (AvgIpc) is 2.32. The lowest BCUT2D eigenvalue weighted by Crippen LogP contribution is -1.79. The predicted molar refractivity (Wildman–Crippen MR) is 64.5 cm³/mol. The first-order valence-corrected chi connectivity index (χ1v) is 5.12. The van der Waals surface area contributed by atoms with Crippen LogP contribution < -0.4 is 0 Å². The molecule has 0 fully saturated rings. The van der Waals surface area contributed by atoms with Gasteiger partial charge in [0.05, 0.1) is 0 Å². The third-order valence-electron chi connectivity index (χ3n) is 2.22. The van der Waals surface area contributed by atoms with Gasteiger partial charge in [0.1, 0.15) is 0 Å². The van der Waals surface area contributed by atoms with Crippen molar-refractivity contribution >= 4 is 6.08 Å². The van der Waals surface area contributed by atoms with Gasteiger partial charge in [-0.3, -0.25) is 0 Å². The maximum absolute atomic E-state index is 3.20. The molecule has 0 bridgehead atoms. The van der Waals surface area contributed by atoms with Crippen LogP contribution in [0.3, 0.4) is 0 Å². The van der Waals surface area contributed by atoms with Gasteiger partial charge in [0.2, 0.25) is 0 Å². The summed E-state index contributed by atoms with van der Waals surface area (Å²) in [5.41, 5.74) is 2.47. The topological polar surface area (TPSA) is 0 Å². The number of benzene rings is 2. The van der Waals surface area contributed by atoms with Crippen molar-refractivity contribution in [3.05, 3.63) is 77.9 Å². The lowest BCUT2D eigenvalue weighted by atomic mass is 10.1. The zero-order chi connectivity index (χ0) is 10.3. The Morgan fingerprint density at radius 2 is 1.73 bits per heavy atom. The molecule has 2 rings (SSSR count). The van der Waals surface area contributed by atoms with E-state index in [2.05, 4.69) is 36.4 Å². The van der Waals surface area contributed by atoms with Gasteiger partial charge in [-0.2, -0.15) is 0 Å². The minimum Gasteiger partial charge on any atom is -0.0795 e. The molecule has 0 amide bonds. The summed E-state index contributed by atoms with van der Waals surface area (Å²) in [5.74, 6) is 0. The Balaban J connectivity index is 1.97. The molecule has 15 heavy (non-hydrogen) atoms. The Labute approximate surface area is 90.9 Å². The highest BCUT2D eigenvalue weighted by molar-refractivity contribution is 5.49. The Bertz CT molecular complexity index is 412. The maximum atomic E-state index is 3.20. The highest BCUT2D eigenvalue weighted by Crippen LogP contribution is 2.04. The fourth-order valence-electron chi connectivity index (χ4n) is 1.44. The summed E-state index contributed by atoms with van der Waals surface area (Å²) in [6, 6.07) is 21.6. The first-order chi connectivity index (χ1) is 7.45. The molecule has 73 valence electrons.